The predicted molar refractivity (Wildman–Crippen MR) is 87.2 cm³/mol. The van der Waals surface area contributed by atoms with Gasteiger partial charge >= 0.3 is 0 Å². The maximum atomic E-state index is 12.0. The Morgan fingerprint density at radius 2 is 1.95 bits per heavy atom. The van der Waals surface area contributed by atoms with E-state index in [-0.39, 0.29) is 11.8 Å². The molecule has 0 spiro atoms. The Morgan fingerprint density at radius 1 is 1.23 bits per heavy atom. The number of carbonyl (C=O) groups is 2. The Balaban J connectivity index is 1.85. The Hall–Kier alpha value is -2.21. The van der Waals surface area contributed by atoms with E-state index in [0.29, 0.717) is 12.1 Å². The largest absolute Gasteiger partial charge is 0.350 e. The highest BCUT2D eigenvalue weighted by atomic mass is 79.9. The Labute approximate surface area is 137 Å². The quantitative estimate of drug-likeness (QED) is 0.857. The monoisotopic (exact) mass is 361 g/mol. The van der Waals surface area contributed by atoms with E-state index in [1.807, 2.05) is 6.07 Å². The molecule has 0 aliphatic rings. The van der Waals surface area contributed by atoms with Gasteiger partial charge in [0.05, 0.1) is 0 Å². The average molecular weight is 362 g/mol. The maximum absolute atomic E-state index is 12.0. The van der Waals surface area contributed by atoms with Crippen molar-refractivity contribution in [2.24, 2.45) is 0 Å². The topological polar surface area (TPSA) is 71.1 Å². The van der Waals surface area contributed by atoms with Crippen molar-refractivity contribution in [3.05, 3.63) is 64.4 Å². The van der Waals surface area contributed by atoms with Crippen LogP contribution in [0.3, 0.4) is 0 Å². The molecule has 1 aromatic carbocycles. The number of rotatable bonds is 5. The Kier molecular flexibility index (Phi) is 5.66. The first-order valence-electron chi connectivity index (χ1n) is 6.79. The first kappa shape index (κ1) is 16.2. The number of pyridine rings is 1. The Morgan fingerprint density at radius 3 is 2.59 bits per heavy atom. The van der Waals surface area contributed by atoms with Crippen LogP contribution < -0.4 is 10.6 Å². The van der Waals surface area contributed by atoms with E-state index < -0.39 is 6.04 Å². The van der Waals surface area contributed by atoms with Crippen LogP contribution in [0.5, 0.6) is 0 Å². The van der Waals surface area contributed by atoms with Crippen molar-refractivity contribution < 1.29 is 9.59 Å². The second kappa shape index (κ2) is 7.70. The molecule has 0 aliphatic heterocycles. The highest BCUT2D eigenvalue weighted by molar-refractivity contribution is 9.10. The number of hydrogen-bond donors (Lipinski definition) is 2. The van der Waals surface area contributed by atoms with Crippen LogP contribution in [0, 0.1) is 0 Å². The van der Waals surface area contributed by atoms with Gasteiger partial charge in [-0.25, -0.2) is 0 Å². The minimum atomic E-state index is -0.618. The standard InChI is InChI=1S/C16H16BrN3O2/c1-11(15(21)19-10-12-3-2-8-18-9-12)20-16(22)13-4-6-14(17)7-5-13/h2-9,11H,10H2,1H3,(H,19,21)(H,20,22)/t11-/m0/s1. The third-order valence-corrected chi connectivity index (χ3v) is 3.57. The van der Waals surface area contributed by atoms with E-state index in [9.17, 15) is 9.59 Å². The van der Waals surface area contributed by atoms with Gasteiger partial charge in [-0.3, -0.25) is 14.6 Å². The highest BCUT2D eigenvalue weighted by Gasteiger charge is 2.16. The van der Waals surface area contributed by atoms with Crippen LogP contribution in [0.2, 0.25) is 0 Å². The third-order valence-electron chi connectivity index (χ3n) is 3.04. The molecule has 2 aromatic rings. The predicted octanol–water partition coefficient (Wildman–Crippen LogP) is 2.28. The summed E-state index contributed by atoms with van der Waals surface area (Å²) in [4.78, 5) is 28.0. The average Bonchev–Trinajstić information content (AvgIpc) is 2.54. The van der Waals surface area contributed by atoms with E-state index in [1.165, 1.54) is 0 Å². The van der Waals surface area contributed by atoms with Crippen molar-refractivity contribution in [3.63, 3.8) is 0 Å². The highest BCUT2D eigenvalue weighted by Crippen LogP contribution is 2.10. The van der Waals surface area contributed by atoms with Gasteiger partial charge in [0.25, 0.3) is 5.91 Å². The zero-order valence-corrected chi connectivity index (χ0v) is 13.6. The van der Waals surface area contributed by atoms with Crippen molar-refractivity contribution >= 4 is 27.7 Å². The minimum Gasteiger partial charge on any atom is -0.350 e. The lowest BCUT2D eigenvalue weighted by Gasteiger charge is -2.14. The van der Waals surface area contributed by atoms with E-state index in [0.717, 1.165) is 10.0 Å². The molecule has 114 valence electrons. The van der Waals surface area contributed by atoms with Gasteiger partial charge in [-0.15, -0.1) is 0 Å². The van der Waals surface area contributed by atoms with Crippen LogP contribution in [0.15, 0.2) is 53.3 Å². The molecule has 0 saturated heterocycles. The SMILES string of the molecule is C[C@H](NC(=O)c1ccc(Br)cc1)C(=O)NCc1cccnc1. The fourth-order valence-corrected chi connectivity index (χ4v) is 2.06. The molecule has 1 atom stereocenters. The van der Waals surface area contributed by atoms with Crippen molar-refractivity contribution in [1.82, 2.24) is 15.6 Å². The fraction of sp³-hybridized carbons (Fsp3) is 0.188. The summed E-state index contributed by atoms with van der Waals surface area (Å²) in [6, 6.07) is 10.0. The molecule has 22 heavy (non-hydrogen) atoms. The summed E-state index contributed by atoms with van der Waals surface area (Å²) >= 11 is 3.31. The second-order valence-electron chi connectivity index (χ2n) is 4.78. The van der Waals surface area contributed by atoms with E-state index in [1.54, 1.807) is 49.6 Å². The summed E-state index contributed by atoms with van der Waals surface area (Å²) in [6.07, 6.45) is 3.36. The molecule has 0 bridgehead atoms. The van der Waals surface area contributed by atoms with Gasteiger partial charge in [-0.1, -0.05) is 22.0 Å². The number of amides is 2. The van der Waals surface area contributed by atoms with Crippen molar-refractivity contribution in [1.29, 1.82) is 0 Å². The van der Waals surface area contributed by atoms with Gasteiger partial charge in [0.1, 0.15) is 6.04 Å². The van der Waals surface area contributed by atoms with Crippen molar-refractivity contribution in [2.75, 3.05) is 0 Å². The second-order valence-corrected chi connectivity index (χ2v) is 5.70. The summed E-state index contributed by atoms with van der Waals surface area (Å²) in [7, 11) is 0. The lowest BCUT2D eigenvalue weighted by atomic mass is 10.2. The van der Waals surface area contributed by atoms with Gasteiger partial charge < -0.3 is 10.6 Å². The molecule has 0 saturated carbocycles. The molecule has 1 aromatic heterocycles. The molecule has 2 rings (SSSR count). The molecule has 5 nitrogen and oxygen atoms in total. The number of nitrogens with zero attached hydrogens (tertiary/aromatic N) is 1. The summed E-state index contributed by atoms with van der Waals surface area (Å²) in [6.45, 7) is 2.03. The van der Waals surface area contributed by atoms with E-state index in [2.05, 4.69) is 31.5 Å². The summed E-state index contributed by atoms with van der Waals surface area (Å²) in [5.41, 5.74) is 1.41. The molecular weight excluding hydrogens is 346 g/mol. The summed E-state index contributed by atoms with van der Waals surface area (Å²) < 4.78 is 0.895. The smallest absolute Gasteiger partial charge is 0.251 e. The van der Waals surface area contributed by atoms with E-state index in [4.69, 9.17) is 0 Å². The normalized spacial score (nSPS) is 11.5. The Bertz CT molecular complexity index is 644. The number of halogens is 1. The molecule has 0 unspecified atom stereocenters. The van der Waals surface area contributed by atoms with Gasteiger partial charge in [0, 0.05) is 29.0 Å². The molecule has 0 fully saturated rings. The molecule has 1 heterocycles. The van der Waals surface area contributed by atoms with Gasteiger partial charge in [0.15, 0.2) is 0 Å². The van der Waals surface area contributed by atoms with Gasteiger partial charge in [-0.2, -0.15) is 0 Å². The number of carbonyl (C=O) groups excluding carboxylic acids is 2. The molecule has 0 radical (unpaired) electrons. The van der Waals surface area contributed by atoms with Crippen LogP contribution in [0.25, 0.3) is 0 Å². The lowest BCUT2D eigenvalue weighted by Crippen LogP contribution is -2.44. The van der Waals surface area contributed by atoms with Crippen LogP contribution in [-0.4, -0.2) is 22.8 Å². The third kappa shape index (κ3) is 4.66. The van der Waals surface area contributed by atoms with Crippen molar-refractivity contribution in [3.8, 4) is 0 Å². The number of nitrogens with one attached hydrogen (secondary N) is 2. The zero-order valence-electron chi connectivity index (χ0n) is 12.0. The first-order valence-corrected chi connectivity index (χ1v) is 7.58. The van der Waals surface area contributed by atoms with Crippen LogP contribution in [0.1, 0.15) is 22.8 Å². The minimum absolute atomic E-state index is 0.241. The number of benzene rings is 1. The van der Waals surface area contributed by atoms with Gasteiger partial charge in [0.2, 0.25) is 5.91 Å². The molecule has 2 N–H and O–H groups in total. The zero-order chi connectivity index (χ0) is 15.9. The molecule has 2 amide bonds. The summed E-state index contributed by atoms with van der Waals surface area (Å²) in [5, 5.41) is 5.43. The number of hydrogen-bond acceptors (Lipinski definition) is 3. The van der Waals surface area contributed by atoms with Crippen molar-refractivity contribution in [2.45, 2.75) is 19.5 Å². The van der Waals surface area contributed by atoms with E-state index >= 15 is 0 Å². The van der Waals surface area contributed by atoms with Crippen LogP contribution in [0.4, 0.5) is 0 Å². The molecule has 0 aliphatic carbocycles. The fourth-order valence-electron chi connectivity index (χ4n) is 1.79. The first-order chi connectivity index (χ1) is 10.6. The lowest BCUT2D eigenvalue weighted by molar-refractivity contribution is -0.122. The summed E-state index contributed by atoms with van der Waals surface area (Å²) in [5.74, 6) is -0.522. The number of aromatic nitrogens is 1. The van der Waals surface area contributed by atoms with Crippen LogP contribution >= 0.6 is 15.9 Å². The van der Waals surface area contributed by atoms with Crippen LogP contribution in [-0.2, 0) is 11.3 Å². The van der Waals surface area contributed by atoms with Gasteiger partial charge in [-0.05, 0) is 42.8 Å². The molecule has 6 heteroatoms. The maximum Gasteiger partial charge on any atom is 0.251 e. The molecular formula is C16H16BrN3O2.